The first kappa shape index (κ1) is 19.4. The van der Waals surface area contributed by atoms with Crippen molar-refractivity contribution in [3.05, 3.63) is 95.7 Å². The van der Waals surface area contributed by atoms with Crippen molar-refractivity contribution < 1.29 is 13.6 Å². The van der Waals surface area contributed by atoms with E-state index < -0.39 is 0 Å². The van der Waals surface area contributed by atoms with Crippen molar-refractivity contribution >= 4 is 5.91 Å². The van der Waals surface area contributed by atoms with Gasteiger partial charge in [0.05, 0.1) is 18.7 Å². The van der Waals surface area contributed by atoms with Crippen molar-refractivity contribution in [2.45, 2.75) is 25.4 Å². The maximum Gasteiger partial charge on any atom is 0.224 e. The van der Waals surface area contributed by atoms with Crippen LogP contribution in [-0.2, 0) is 17.9 Å². The highest BCUT2D eigenvalue weighted by atomic mass is 19.1. The number of nitrogens with zero attached hydrogens (tertiary/aromatic N) is 1. The number of rotatable bonds is 6. The van der Waals surface area contributed by atoms with Crippen molar-refractivity contribution in [2.24, 2.45) is 5.92 Å². The number of hydrogen-bond acceptors (Lipinski definition) is 3. The summed E-state index contributed by atoms with van der Waals surface area (Å²) in [4.78, 5) is 15.1. The number of likely N-dealkylation sites (tertiary alicyclic amines) is 1. The van der Waals surface area contributed by atoms with E-state index in [-0.39, 0.29) is 23.6 Å². The first-order valence-electron chi connectivity index (χ1n) is 10.00. The molecule has 1 saturated heterocycles. The average molecular weight is 392 g/mol. The molecule has 1 fully saturated rings. The second-order valence-corrected chi connectivity index (χ2v) is 7.62. The van der Waals surface area contributed by atoms with Gasteiger partial charge < -0.3 is 9.73 Å². The molecule has 0 spiro atoms. The Balaban J connectivity index is 1.49. The molecule has 1 aliphatic heterocycles. The van der Waals surface area contributed by atoms with Crippen molar-refractivity contribution in [3.63, 3.8) is 0 Å². The van der Waals surface area contributed by atoms with E-state index >= 15 is 0 Å². The van der Waals surface area contributed by atoms with Crippen molar-refractivity contribution in [1.82, 2.24) is 10.2 Å². The zero-order valence-corrected chi connectivity index (χ0v) is 16.3. The van der Waals surface area contributed by atoms with E-state index in [1.165, 1.54) is 11.6 Å². The van der Waals surface area contributed by atoms with Gasteiger partial charge in [-0.2, -0.15) is 0 Å². The van der Waals surface area contributed by atoms with Crippen LogP contribution in [0.3, 0.4) is 0 Å². The summed E-state index contributed by atoms with van der Waals surface area (Å²) >= 11 is 0. The van der Waals surface area contributed by atoms with Gasteiger partial charge in [-0.3, -0.25) is 9.69 Å². The largest absolute Gasteiger partial charge is 0.467 e. The highest BCUT2D eigenvalue weighted by Gasteiger charge is 2.32. The number of amides is 1. The second kappa shape index (κ2) is 9.05. The van der Waals surface area contributed by atoms with Crippen molar-refractivity contribution in [1.29, 1.82) is 0 Å². The van der Waals surface area contributed by atoms with Crippen LogP contribution >= 0.6 is 0 Å². The van der Waals surface area contributed by atoms with Crippen LogP contribution in [0.5, 0.6) is 0 Å². The topological polar surface area (TPSA) is 45.5 Å². The third kappa shape index (κ3) is 4.93. The van der Waals surface area contributed by atoms with Gasteiger partial charge in [0.1, 0.15) is 11.6 Å². The molecule has 2 atom stereocenters. The molecule has 2 heterocycles. The molecule has 2 unspecified atom stereocenters. The fraction of sp³-hybridized carbons (Fsp3) is 0.292. The Bertz CT molecular complexity index is 927. The summed E-state index contributed by atoms with van der Waals surface area (Å²) in [6.07, 6.45) is 2.38. The van der Waals surface area contributed by atoms with Gasteiger partial charge >= 0.3 is 0 Å². The van der Waals surface area contributed by atoms with E-state index in [1.54, 1.807) is 12.3 Å². The number of furan rings is 1. The number of carbonyl (C=O) groups excluding carboxylic acids is 1. The number of nitrogens with one attached hydrogen (secondary N) is 1. The summed E-state index contributed by atoms with van der Waals surface area (Å²) in [7, 11) is 0. The molecule has 150 valence electrons. The van der Waals surface area contributed by atoms with E-state index in [0.29, 0.717) is 25.2 Å². The number of piperidine rings is 1. The number of benzene rings is 2. The summed E-state index contributed by atoms with van der Waals surface area (Å²) in [5.41, 5.74) is 1.88. The van der Waals surface area contributed by atoms with Gasteiger partial charge in [0.15, 0.2) is 0 Å². The molecule has 0 radical (unpaired) electrons. The molecule has 4 nitrogen and oxygen atoms in total. The second-order valence-electron chi connectivity index (χ2n) is 7.62. The number of carbonyl (C=O) groups is 1. The van der Waals surface area contributed by atoms with Crippen LogP contribution in [0.25, 0.3) is 0 Å². The van der Waals surface area contributed by atoms with Gasteiger partial charge in [0.2, 0.25) is 5.91 Å². The smallest absolute Gasteiger partial charge is 0.224 e. The molecule has 0 bridgehead atoms. The molecule has 29 heavy (non-hydrogen) atoms. The first-order chi connectivity index (χ1) is 14.2. The standard InChI is InChI=1S/C24H25FN2O2/c25-23-11-5-4-9-19(23)15-27-16-20(18-7-2-1-3-8-18)13-21(17-27)24(28)26-14-22-10-6-12-29-22/h1-12,20-21H,13-17H2,(H,26,28). The Morgan fingerprint density at radius 1 is 1.03 bits per heavy atom. The summed E-state index contributed by atoms with van der Waals surface area (Å²) in [5, 5.41) is 2.99. The van der Waals surface area contributed by atoms with Gasteiger partial charge in [0.25, 0.3) is 0 Å². The van der Waals surface area contributed by atoms with Gasteiger partial charge in [0, 0.05) is 25.2 Å². The molecule has 2 aromatic carbocycles. The molecular formula is C24H25FN2O2. The first-order valence-corrected chi connectivity index (χ1v) is 10.00. The van der Waals surface area contributed by atoms with Gasteiger partial charge in [-0.1, -0.05) is 48.5 Å². The molecule has 1 aromatic heterocycles. The van der Waals surface area contributed by atoms with Gasteiger partial charge in [-0.05, 0) is 36.1 Å². The summed E-state index contributed by atoms with van der Waals surface area (Å²) in [6.45, 7) is 2.30. The molecule has 0 aliphatic carbocycles. The normalized spacial score (nSPS) is 19.8. The fourth-order valence-corrected chi connectivity index (χ4v) is 4.08. The SMILES string of the molecule is O=C(NCc1ccco1)C1CC(c2ccccc2)CN(Cc2ccccc2F)C1. The minimum Gasteiger partial charge on any atom is -0.467 e. The monoisotopic (exact) mass is 392 g/mol. The fourth-order valence-electron chi connectivity index (χ4n) is 4.08. The molecule has 5 heteroatoms. The molecule has 4 rings (SSSR count). The Labute approximate surface area is 170 Å². The van der Waals surface area contributed by atoms with E-state index in [0.717, 1.165) is 18.7 Å². The average Bonchev–Trinajstić information content (AvgIpc) is 3.28. The molecule has 1 N–H and O–H groups in total. The van der Waals surface area contributed by atoms with E-state index in [9.17, 15) is 9.18 Å². The van der Waals surface area contributed by atoms with E-state index in [4.69, 9.17) is 4.42 Å². The minimum atomic E-state index is -0.201. The van der Waals surface area contributed by atoms with Crippen LogP contribution in [0.15, 0.2) is 77.4 Å². The maximum atomic E-state index is 14.2. The Hall–Kier alpha value is -2.92. The molecule has 3 aromatic rings. The molecule has 1 aliphatic rings. The lowest BCUT2D eigenvalue weighted by Crippen LogP contribution is -2.45. The highest BCUT2D eigenvalue weighted by molar-refractivity contribution is 5.79. The third-order valence-electron chi connectivity index (χ3n) is 5.54. The van der Waals surface area contributed by atoms with E-state index in [2.05, 4.69) is 22.3 Å². The molecule has 0 saturated carbocycles. The quantitative estimate of drug-likeness (QED) is 0.679. The van der Waals surface area contributed by atoms with Crippen molar-refractivity contribution in [3.8, 4) is 0 Å². The zero-order valence-electron chi connectivity index (χ0n) is 16.3. The summed E-state index contributed by atoms with van der Waals surface area (Å²) in [6, 6.07) is 20.8. The Morgan fingerprint density at radius 3 is 2.59 bits per heavy atom. The Kier molecular flexibility index (Phi) is 6.06. The van der Waals surface area contributed by atoms with Crippen molar-refractivity contribution in [2.75, 3.05) is 13.1 Å². The van der Waals surface area contributed by atoms with Gasteiger partial charge in [-0.15, -0.1) is 0 Å². The van der Waals surface area contributed by atoms with Gasteiger partial charge in [-0.25, -0.2) is 4.39 Å². The Morgan fingerprint density at radius 2 is 1.83 bits per heavy atom. The van der Waals surface area contributed by atoms with E-state index in [1.807, 2.05) is 42.5 Å². The lowest BCUT2D eigenvalue weighted by atomic mass is 9.84. The summed E-state index contributed by atoms with van der Waals surface area (Å²) < 4.78 is 19.5. The minimum absolute atomic E-state index is 0.0144. The predicted molar refractivity (Wildman–Crippen MR) is 110 cm³/mol. The lowest BCUT2D eigenvalue weighted by Gasteiger charge is -2.37. The van der Waals surface area contributed by atoms with Crippen LogP contribution in [0.4, 0.5) is 4.39 Å². The molecular weight excluding hydrogens is 367 g/mol. The van der Waals surface area contributed by atoms with Crippen LogP contribution in [0.1, 0.15) is 29.2 Å². The molecule has 1 amide bonds. The van der Waals surface area contributed by atoms with Crippen LogP contribution in [0, 0.1) is 11.7 Å². The predicted octanol–water partition coefficient (Wildman–Crippen LogP) is 4.34. The maximum absolute atomic E-state index is 14.2. The van der Waals surface area contributed by atoms with Crippen LogP contribution in [0.2, 0.25) is 0 Å². The van der Waals surface area contributed by atoms with Crippen LogP contribution in [-0.4, -0.2) is 23.9 Å². The highest BCUT2D eigenvalue weighted by Crippen LogP contribution is 2.31. The zero-order chi connectivity index (χ0) is 20.1. The number of hydrogen-bond donors (Lipinski definition) is 1. The lowest BCUT2D eigenvalue weighted by molar-refractivity contribution is -0.127. The summed E-state index contributed by atoms with van der Waals surface area (Å²) in [5.74, 6) is 0.623. The third-order valence-corrected chi connectivity index (χ3v) is 5.54. The van der Waals surface area contributed by atoms with Crippen LogP contribution < -0.4 is 5.32 Å². The number of halogens is 1.